The monoisotopic (exact) mass is 277 g/mol. The Labute approximate surface area is 110 Å². The van der Waals surface area contributed by atoms with E-state index in [2.05, 4.69) is 15.0 Å². The second-order valence-corrected chi connectivity index (χ2v) is 4.18. The number of rotatable bonds is 2. The molecular weight excluding hydrogens is 268 g/mol. The Morgan fingerprint density at radius 1 is 1.30 bits per heavy atom. The Morgan fingerprint density at radius 3 is 2.70 bits per heavy atom. The lowest BCUT2D eigenvalue weighted by atomic mass is 10.2. The third kappa shape index (κ3) is 1.91. The summed E-state index contributed by atoms with van der Waals surface area (Å²) in [6.07, 6.45) is 1.34. The molecule has 0 radical (unpaired) electrons. The van der Waals surface area contributed by atoms with Crippen LogP contribution in [0.3, 0.4) is 0 Å². The molecule has 8 heteroatoms. The van der Waals surface area contributed by atoms with Gasteiger partial charge in [0.25, 0.3) is 0 Å². The van der Waals surface area contributed by atoms with Gasteiger partial charge in [-0.15, -0.1) is 0 Å². The minimum atomic E-state index is -0.728. The molecule has 0 fully saturated rings. The summed E-state index contributed by atoms with van der Waals surface area (Å²) >= 11 is 0. The number of aromatic nitrogens is 4. The molecule has 1 aromatic carbocycles. The Morgan fingerprint density at radius 2 is 2.00 bits per heavy atom. The van der Waals surface area contributed by atoms with E-state index in [0.29, 0.717) is 5.52 Å². The number of hydrogen-bond acceptors (Lipinski definition) is 4. The van der Waals surface area contributed by atoms with E-state index in [-0.39, 0.29) is 23.7 Å². The molecule has 3 N–H and O–H groups in total. The van der Waals surface area contributed by atoms with Gasteiger partial charge < -0.3 is 10.7 Å². The van der Waals surface area contributed by atoms with Gasteiger partial charge in [-0.05, 0) is 12.1 Å². The summed E-state index contributed by atoms with van der Waals surface area (Å²) in [6, 6.07) is 3.51. The lowest BCUT2D eigenvalue weighted by Gasteiger charge is -2.05. The highest BCUT2D eigenvalue weighted by Gasteiger charge is 2.14. The van der Waals surface area contributed by atoms with E-state index in [1.165, 1.54) is 12.3 Å². The zero-order valence-corrected chi connectivity index (χ0v) is 10.1. The first-order valence-electron chi connectivity index (χ1n) is 5.70. The van der Waals surface area contributed by atoms with E-state index < -0.39 is 17.3 Å². The number of nitrogens with zero attached hydrogens (tertiary/aromatic N) is 3. The molecule has 6 nitrogen and oxygen atoms in total. The van der Waals surface area contributed by atoms with E-state index in [1.807, 2.05) is 0 Å². The third-order valence-corrected chi connectivity index (χ3v) is 2.91. The second-order valence-electron chi connectivity index (χ2n) is 4.18. The van der Waals surface area contributed by atoms with Crippen molar-refractivity contribution >= 4 is 17.1 Å². The van der Waals surface area contributed by atoms with Gasteiger partial charge in [0.05, 0.1) is 12.7 Å². The average Bonchev–Trinajstić information content (AvgIpc) is 2.70. The van der Waals surface area contributed by atoms with Gasteiger partial charge in [0.1, 0.15) is 17.2 Å². The van der Waals surface area contributed by atoms with Gasteiger partial charge in [-0.1, -0.05) is 6.07 Å². The van der Waals surface area contributed by atoms with Gasteiger partial charge >= 0.3 is 5.69 Å². The van der Waals surface area contributed by atoms with Crippen molar-refractivity contribution < 1.29 is 8.78 Å². The summed E-state index contributed by atoms with van der Waals surface area (Å²) in [5.74, 6) is -1.49. The van der Waals surface area contributed by atoms with E-state index in [4.69, 9.17) is 5.73 Å². The predicted octanol–water partition coefficient (Wildman–Crippen LogP) is 1.03. The van der Waals surface area contributed by atoms with Crippen LogP contribution in [0, 0.1) is 11.6 Å². The highest BCUT2D eigenvalue weighted by molar-refractivity contribution is 5.70. The first-order chi connectivity index (χ1) is 9.56. The molecule has 0 atom stereocenters. The van der Waals surface area contributed by atoms with Crippen molar-refractivity contribution in [3.63, 3.8) is 0 Å². The fourth-order valence-electron chi connectivity index (χ4n) is 1.95. The SMILES string of the molecule is Nc1ncc2[nH]c(=O)n(Cc3c(F)cccc3F)c2n1. The molecule has 2 heterocycles. The summed E-state index contributed by atoms with van der Waals surface area (Å²) in [4.78, 5) is 22.0. The highest BCUT2D eigenvalue weighted by Crippen LogP contribution is 2.15. The molecule has 0 spiro atoms. The van der Waals surface area contributed by atoms with Crippen LogP contribution in [0.25, 0.3) is 11.2 Å². The average molecular weight is 277 g/mol. The topological polar surface area (TPSA) is 89.6 Å². The normalized spacial score (nSPS) is 11.1. The van der Waals surface area contributed by atoms with Gasteiger partial charge in [-0.3, -0.25) is 4.57 Å². The summed E-state index contributed by atoms with van der Waals surface area (Å²) in [6.45, 7) is -0.284. The lowest BCUT2D eigenvalue weighted by Crippen LogP contribution is -2.19. The molecule has 0 aliphatic rings. The lowest BCUT2D eigenvalue weighted by molar-refractivity contribution is 0.544. The molecule has 0 aliphatic carbocycles. The molecule has 2 aromatic heterocycles. The zero-order valence-electron chi connectivity index (χ0n) is 10.1. The molecular formula is C12H9F2N5O. The molecule has 0 bridgehead atoms. The quantitative estimate of drug-likeness (QED) is 0.732. The zero-order chi connectivity index (χ0) is 14.3. The number of fused-ring (bicyclic) bond motifs is 1. The number of imidazole rings is 1. The molecule has 0 unspecified atom stereocenters. The van der Waals surface area contributed by atoms with Crippen LogP contribution in [0.4, 0.5) is 14.7 Å². The van der Waals surface area contributed by atoms with Crippen molar-refractivity contribution in [2.45, 2.75) is 6.54 Å². The largest absolute Gasteiger partial charge is 0.368 e. The van der Waals surface area contributed by atoms with Crippen LogP contribution >= 0.6 is 0 Å². The first kappa shape index (κ1) is 12.3. The van der Waals surface area contributed by atoms with Crippen molar-refractivity contribution in [1.82, 2.24) is 19.5 Å². The first-order valence-corrected chi connectivity index (χ1v) is 5.70. The minimum Gasteiger partial charge on any atom is -0.368 e. The Kier molecular flexibility index (Phi) is 2.70. The maximum atomic E-state index is 13.6. The van der Waals surface area contributed by atoms with Gasteiger partial charge in [0, 0.05) is 5.56 Å². The Bertz CT molecular complexity index is 834. The molecule has 0 saturated carbocycles. The fourth-order valence-corrected chi connectivity index (χ4v) is 1.95. The van der Waals surface area contributed by atoms with E-state index in [0.717, 1.165) is 16.7 Å². The van der Waals surface area contributed by atoms with Crippen molar-refractivity contribution in [2.75, 3.05) is 5.73 Å². The molecule has 3 aromatic rings. The van der Waals surface area contributed by atoms with E-state index in [1.54, 1.807) is 0 Å². The van der Waals surface area contributed by atoms with Crippen LogP contribution in [0.5, 0.6) is 0 Å². The molecule has 0 amide bonds. The number of benzene rings is 1. The maximum Gasteiger partial charge on any atom is 0.328 e. The van der Waals surface area contributed by atoms with Gasteiger partial charge in [-0.2, -0.15) is 4.98 Å². The van der Waals surface area contributed by atoms with Crippen molar-refractivity contribution in [3.8, 4) is 0 Å². The number of aromatic amines is 1. The molecule has 0 aliphatic heterocycles. The van der Waals surface area contributed by atoms with Crippen LogP contribution < -0.4 is 11.4 Å². The number of H-pyrrole nitrogens is 1. The van der Waals surface area contributed by atoms with Crippen molar-refractivity contribution in [2.24, 2.45) is 0 Å². The van der Waals surface area contributed by atoms with Crippen LogP contribution in [0.2, 0.25) is 0 Å². The Hall–Kier alpha value is -2.77. The summed E-state index contributed by atoms with van der Waals surface area (Å²) in [5, 5.41) is 0. The standard InChI is InChI=1S/C12H9F2N5O/c13-7-2-1-3-8(14)6(7)5-19-10-9(17-12(19)20)4-16-11(15)18-10/h1-4H,5H2,(H,17,20)(H2,15,16,18). The van der Waals surface area contributed by atoms with Crippen molar-refractivity contribution in [1.29, 1.82) is 0 Å². The third-order valence-electron chi connectivity index (χ3n) is 2.91. The van der Waals surface area contributed by atoms with E-state index >= 15 is 0 Å². The molecule has 20 heavy (non-hydrogen) atoms. The number of anilines is 1. The van der Waals surface area contributed by atoms with Crippen LogP contribution in [0.1, 0.15) is 5.56 Å². The second kappa shape index (κ2) is 4.41. The van der Waals surface area contributed by atoms with Gasteiger partial charge in [0.15, 0.2) is 5.65 Å². The predicted molar refractivity (Wildman–Crippen MR) is 68.0 cm³/mol. The summed E-state index contributed by atoms with van der Waals surface area (Å²) < 4.78 is 28.4. The summed E-state index contributed by atoms with van der Waals surface area (Å²) in [5.41, 5.74) is 5.25. The van der Waals surface area contributed by atoms with Crippen LogP contribution in [-0.4, -0.2) is 19.5 Å². The Balaban J connectivity index is 2.18. The highest BCUT2D eigenvalue weighted by atomic mass is 19.1. The number of halogens is 2. The van der Waals surface area contributed by atoms with Gasteiger partial charge in [-0.25, -0.2) is 18.6 Å². The smallest absolute Gasteiger partial charge is 0.328 e. The van der Waals surface area contributed by atoms with Crippen LogP contribution in [0.15, 0.2) is 29.2 Å². The number of hydrogen-bond donors (Lipinski definition) is 2. The fraction of sp³-hybridized carbons (Fsp3) is 0.0833. The van der Waals surface area contributed by atoms with Gasteiger partial charge in [0.2, 0.25) is 5.95 Å². The number of nitrogens with two attached hydrogens (primary N) is 1. The number of nitrogens with one attached hydrogen (secondary N) is 1. The summed E-state index contributed by atoms with van der Waals surface area (Å²) in [7, 11) is 0. The number of nitrogen functional groups attached to an aromatic ring is 1. The minimum absolute atomic E-state index is 0.0285. The van der Waals surface area contributed by atoms with Crippen LogP contribution in [-0.2, 0) is 6.54 Å². The van der Waals surface area contributed by atoms with E-state index in [9.17, 15) is 13.6 Å². The molecule has 0 saturated heterocycles. The molecule has 3 rings (SSSR count). The molecule has 102 valence electrons. The van der Waals surface area contributed by atoms with Crippen molar-refractivity contribution in [3.05, 3.63) is 52.1 Å². The maximum absolute atomic E-state index is 13.6.